The quantitative estimate of drug-likeness (QED) is 0.728. The molecule has 2 aromatic heterocycles. The third kappa shape index (κ3) is 4.86. The van der Waals surface area contributed by atoms with Crippen LogP contribution in [0.1, 0.15) is 21.6 Å². The summed E-state index contributed by atoms with van der Waals surface area (Å²) in [5, 5.41) is 12.1. The van der Waals surface area contributed by atoms with E-state index in [0.717, 1.165) is 17.7 Å². The molecule has 7 heteroatoms. The van der Waals surface area contributed by atoms with Crippen LogP contribution in [0, 0.1) is 11.3 Å². The average molecular weight is 358 g/mol. The van der Waals surface area contributed by atoms with Crippen molar-refractivity contribution in [1.29, 1.82) is 5.26 Å². The van der Waals surface area contributed by atoms with Crippen molar-refractivity contribution in [2.45, 2.75) is 6.42 Å². The molecule has 3 aromatic rings. The molecule has 0 fully saturated rings. The van der Waals surface area contributed by atoms with Crippen molar-refractivity contribution in [3.8, 4) is 6.07 Å². The summed E-state index contributed by atoms with van der Waals surface area (Å²) >= 11 is 0. The average Bonchev–Trinajstić information content (AvgIpc) is 2.72. The first-order valence-corrected chi connectivity index (χ1v) is 8.39. The molecule has 0 unspecified atom stereocenters. The van der Waals surface area contributed by atoms with Gasteiger partial charge in [0.25, 0.3) is 5.91 Å². The zero-order valence-corrected chi connectivity index (χ0v) is 14.8. The van der Waals surface area contributed by atoms with Crippen LogP contribution in [0.15, 0.2) is 61.2 Å². The second kappa shape index (κ2) is 8.54. The molecule has 134 valence electrons. The van der Waals surface area contributed by atoms with Crippen LogP contribution < -0.4 is 5.32 Å². The number of carbonyl (C=O) groups is 1. The van der Waals surface area contributed by atoms with Gasteiger partial charge >= 0.3 is 0 Å². The smallest absolute Gasteiger partial charge is 0.272 e. The molecule has 1 N–H and O–H groups in total. The molecule has 0 spiro atoms. The number of nitrogens with one attached hydrogen (secondary N) is 1. The maximum atomic E-state index is 12.6. The van der Waals surface area contributed by atoms with Gasteiger partial charge in [-0.3, -0.25) is 9.78 Å². The minimum absolute atomic E-state index is 0.180. The van der Waals surface area contributed by atoms with Gasteiger partial charge in [-0.2, -0.15) is 5.26 Å². The summed E-state index contributed by atoms with van der Waals surface area (Å²) < 4.78 is 0. The third-order valence-corrected chi connectivity index (χ3v) is 3.98. The molecular weight excluding hydrogens is 340 g/mol. The largest absolute Gasteiger partial charge is 0.340 e. The van der Waals surface area contributed by atoms with Gasteiger partial charge < -0.3 is 10.2 Å². The van der Waals surface area contributed by atoms with Crippen molar-refractivity contribution in [3.05, 3.63) is 78.0 Å². The van der Waals surface area contributed by atoms with Gasteiger partial charge in [-0.05, 0) is 42.3 Å². The molecular formula is C20H18N6O. The van der Waals surface area contributed by atoms with E-state index in [1.54, 1.807) is 48.6 Å². The second-order valence-corrected chi connectivity index (χ2v) is 5.94. The molecule has 0 aliphatic rings. The predicted molar refractivity (Wildman–Crippen MR) is 101 cm³/mol. The van der Waals surface area contributed by atoms with Gasteiger partial charge in [0, 0.05) is 37.7 Å². The van der Waals surface area contributed by atoms with Gasteiger partial charge in [0.1, 0.15) is 17.8 Å². The summed E-state index contributed by atoms with van der Waals surface area (Å²) in [6.45, 7) is 0.569. The van der Waals surface area contributed by atoms with E-state index in [-0.39, 0.29) is 5.91 Å². The van der Waals surface area contributed by atoms with Gasteiger partial charge in [-0.25, -0.2) is 9.97 Å². The lowest BCUT2D eigenvalue weighted by Gasteiger charge is -2.17. The molecule has 0 radical (unpaired) electrons. The van der Waals surface area contributed by atoms with Gasteiger partial charge in [0.2, 0.25) is 0 Å². The van der Waals surface area contributed by atoms with E-state index in [2.05, 4.69) is 26.3 Å². The lowest BCUT2D eigenvalue weighted by Crippen LogP contribution is -2.29. The Kier molecular flexibility index (Phi) is 5.70. The second-order valence-electron chi connectivity index (χ2n) is 5.94. The first kappa shape index (κ1) is 18.0. The molecule has 3 rings (SSSR count). The van der Waals surface area contributed by atoms with Crippen LogP contribution in [0.4, 0.5) is 11.5 Å². The summed E-state index contributed by atoms with van der Waals surface area (Å²) in [5.74, 6) is 0.311. The number of anilines is 2. The number of hydrogen-bond acceptors (Lipinski definition) is 6. The maximum absolute atomic E-state index is 12.6. The highest BCUT2D eigenvalue weighted by Gasteiger charge is 2.14. The van der Waals surface area contributed by atoms with Crippen LogP contribution in [-0.2, 0) is 6.42 Å². The van der Waals surface area contributed by atoms with Crippen LogP contribution in [-0.4, -0.2) is 39.4 Å². The molecule has 7 nitrogen and oxygen atoms in total. The molecule has 2 heterocycles. The molecule has 0 aliphatic heterocycles. The molecule has 0 atom stereocenters. The Balaban J connectivity index is 1.66. The highest BCUT2D eigenvalue weighted by molar-refractivity contribution is 5.92. The molecule has 0 saturated heterocycles. The first-order chi connectivity index (χ1) is 13.2. The van der Waals surface area contributed by atoms with Gasteiger partial charge in [0.15, 0.2) is 0 Å². The zero-order chi connectivity index (χ0) is 19.1. The minimum atomic E-state index is -0.180. The number of aromatic nitrogens is 3. The topological polar surface area (TPSA) is 94.8 Å². The van der Waals surface area contributed by atoms with E-state index in [0.29, 0.717) is 23.6 Å². The number of pyridine rings is 1. The number of nitriles is 1. The third-order valence-electron chi connectivity index (χ3n) is 3.98. The van der Waals surface area contributed by atoms with Crippen molar-refractivity contribution in [2.75, 3.05) is 18.9 Å². The number of rotatable bonds is 6. The molecule has 27 heavy (non-hydrogen) atoms. The Labute approximate surface area is 157 Å². The number of nitrogens with zero attached hydrogens (tertiary/aromatic N) is 5. The number of carbonyl (C=O) groups excluding carboxylic acids is 1. The highest BCUT2D eigenvalue weighted by Crippen LogP contribution is 2.16. The number of likely N-dealkylation sites (N-methyl/N-ethyl adjacent to an activating group) is 1. The van der Waals surface area contributed by atoms with E-state index in [4.69, 9.17) is 5.26 Å². The number of amides is 1. The van der Waals surface area contributed by atoms with Crippen molar-refractivity contribution >= 4 is 17.4 Å². The van der Waals surface area contributed by atoms with Crippen molar-refractivity contribution in [1.82, 2.24) is 19.9 Å². The van der Waals surface area contributed by atoms with Crippen molar-refractivity contribution in [3.63, 3.8) is 0 Å². The summed E-state index contributed by atoms with van der Waals surface area (Å²) in [4.78, 5) is 26.5. The Bertz CT molecular complexity index is 967. The van der Waals surface area contributed by atoms with Crippen LogP contribution in [0.25, 0.3) is 0 Å². The van der Waals surface area contributed by atoms with Gasteiger partial charge in [-0.15, -0.1) is 0 Å². The van der Waals surface area contributed by atoms with Gasteiger partial charge in [-0.1, -0.05) is 6.07 Å². The molecule has 0 saturated carbocycles. The Morgan fingerprint density at radius 3 is 2.78 bits per heavy atom. The summed E-state index contributed by atoms with van der Waals surface area (Å²) in [6, 6.07) is 14.6. The fraction of sp³-hybridized carbons (Fsp3) is 0.150. The standard InChI is InChI=1S/C20H18N6O/c1-26(10-7-15-5-8-22-9-6-15)20(27)18-12-19(24-14-23-18)25-17-4-2-3-16(11-17)13-21/h2-6,8-9,11-12,14H,7,10H2,1H3,(H,23,24,25). The van der Waals surface area contributed by atoms with Crippen molar-refractivity contribution in [2.24, 2.45) is 0 Å². The SMILES string of the molecule is CN(CCc1ccncc1)C(=O)c1cc(Nc2cccc(C#N)c2)ncn1. The van der Waals surface area contributed by atoms with Crippen molar-refractivity contribution < 1.29 is 4.79 Å². The Morgan fingerprint density at radius 1 is 1.19 bits per heavy atom. The molecule has 0 bridgehead atoms. The van der Waals surface area contributed by atoms with E-state index >= 15 is 0 Å². The monoisotopic (exact) mass is 358 g/mol. The van der Waals surface area contributed by atoms with Crippen LogP contribution >= 0.6 is 0 Å². The van der Waals surface area contributed by atoms with Crippen LogP contribution in [0.3, 0.4) is 0 Å². The molecule has 1 amide bonds. The van der Waals surface area contributed by atoms with Gasteiger partial charge in [0.05, 0.1) is 11.6 Å². The fourth-order valence-corrected chi connectivity index (χ4v) is 2.50. The Morgan fingerprint density at radius 2 is 2.00 bits per heavy atom. The summed E-state index contributed by atoms with van der Waals surface area (Å²) in [5.41, 5.74) is 2.69. The summed E-state index contributed by atoms with van der Waals surface area (Å²) in [6.07, 6.45) is 5.56. The van der Waals surface area contributed by atoms with E-state index in [1.807, 2.05) is 18.2 Å². The fourth-order valence-electron chi connectivity index (χ4n) is 2.50. The first-order valence-electron chi connectivity index (χ1n) is 8.39. The minimum Gasteiger partial charge on any atom is -0.340 e. The molecule has 0 aliphatic carbocycles. The normalized spacial score (nSPS) is 10.1. The predicted octanol–water partition coefficient (Wildman–Crippen LogP) is 2.80. The molecule has 1 aromatic carbocycles. The lowest BCUT2D eigenvalue weighted by molar-refractivity contribution is 0.0790. The zero-order valence-electron chi connectivity index (χ0n) is 14.8. The maximum Gasteiger partial charge on any atom is 0.272 e. The van der Waals surface area contributed by atoms with E-state index in [9.17, 15) is 4.79 Å². The van der Waals surface area contributed by atoms with Crippen LogP contribution in [0.5, 0.6) is 0 Å². The number of hydrogen-bond donors (Lipinski definition) is 1. The van der Waals surface area contributed by atoms with E-state index < -0.39 is 0 Å². The summed E-state index contributed by atoms with van der Waals surface area (Å²) in [7, 11) is 1.75. The van der Waals surface area contributed by atoms with E-state index in [1.165, 1.54) is 6.33 Å². The highest BCUT2D eigenvalue weighted by atomic mass is 16.2. The Hall–Kier alpha value is -3.79. The number of benzene rings is 1. The lowest BCUT2D eigenvalue weighted by atomic mass is 10.2. The van der Waals surface area contributed by atoms with Crippen LogP contribution in [0.2, 0.25) is 0 Å².